The first-order chi connectivity index (χ1) is 12.0. The lowest BCUT2D eigenvalue weighted by Gasteiger charge is -2.38. The molecule has 1 atom stereocenters. The Morgan fingerprint density at radius 3 is 2.72 bits per heavy atom. The average molecular weight is 382 g/mol. The van der Waals surface area contributed by atoms with Gasteiger partial charge in [-0.2, -0.15) is 0 Å². The highest BCUT2D eigenvalue weighted by Crippen LogP contribution is 2.47. The molecule has 1 unspecified atom stereocenters. The van der Waals surface area contributed by atoms with E-state index in [-0.39, 0.29) is 6.42 Å². The third kappa shape index (κ3) is 2.94. The minimum Gasteiger partial charge on any atom is -0.481 e. The molecule has 2 aliphatic rings. The van der Waals surface area contributed by atoms with Gasteiger partial charge in [-0.3, -0.25) is 4.79 Å². The number of nitrogens with one attached hydrogen (secondary N) is 1. The van der Waals surface area contributed by atoms with Crippen molar-refractivity contribution in [2.24, 2.45) is 5.92 Å². The molecule has 0 bridgehead atoms. The number of aromatic amines is 1. The van der Waals surface area contributed by atoms with Crippen molar-refractivity contribution in [3.63, 3.8) is 0 Å². The zero-order valence-electron chi connectivity index (χ0n) is 13.9. The number of H-pyrrole nitrogens is 1. The number of carboxylic acids is 1. The molecule has 6 heteroatoms. The molecule has 1 aromatic heterocycles. The van der Waals surface area contributed by atoms with E-state index in [9.17, 15) is 9.90 Å². The van der Waals surface area contributed by atoms with Crippen LogP contribution in [0.5, 0.6) is 0 Å². The number of ether oxygens (including phenoxy) is 1. The lowest BCUT2D eigenvalue weighted by Crippen LogP contribution is -2.39. The Labute approximate surface area is 156 Å². The second-order valence-corrected chi connectivity index (χ2v) is 8.09. The first-order valence-corrected chi connectivity index (χ1v) is 9.60. The van der Waals surface area contributed by atoms with E-state index in [1.807, 2.05) is 0 Å². The van der Waals surface area contributed by atoms with Crippen LogP contribution >= 0.6 is 23.2 Å². The van der Waals surface area contributed by atoms with Gasteiger partial charge < -0.3 is 14.8 Å². The van der Waals surface area contributed by atoms with Crippen LogP contribution < -0.4 is 0 Å². The monoisotopic (exact) mass is 381 g/mol. The molecule has 1 aliphatic carbocycles. The van der Waals surface area contributed by atoms with Crippen molar-refractivity contribution in [3.05, 3.63) is 33.4 Å². The standard InChI is InChI=1S/C19H21Cl2NO3/c20-13-5-6-14(21)17-16(13)12-7-8-25-19(10-15(23)24,18(12)22-17)9-11-3-1-2-4-11/h5-6,11,22H,1-4,7-10H2,(H,23,24). The van der Waals surface area contributed by atoms with Crippen LogP contribution in [0.2, 0.25) is 10.0 Å². The molecular weight excluding hydrogens is 361 g/mol. The normalized spacial score (nSPS) is 23.9. The predicted octanol–water partition coefficient (Wildman–Crippen LogP) is 5.30. The molecule has 2 aromatic rings. The van der Waals surface area contributed by atoms with Crippen molar-refractivity contribution < 1.29 is 14.6 Å². The number of hydrogen-bond donors (Lipinski definition) is 2. The molecule has 2 heterocycles. The van der Waals surface area contributed by atoms with Crippen molar-refractivity contribution in [2.45, 2.75) is 50.5 Å². The highest BCUT2D eigenvalue weighted by atomic mass is 35.5. The van der Waals surface area contributed by atoms with E-state index < -0.39 is 11.6 Å². The predicted molar refractivity (Wildman–Crippen MR) is 98.5 cm³/mol. The number of carboxylic acid groups (broad SMARTS) is 1. The third-order valence-corrected chi connectivity index (χ3v) is 6.30. The van der Waals surface area contributed by atoms with Crippen LogP contribution in [0.1, 0.15) is 49.8 Å². The second kappa shape index (κ2) is 6.49. The number of hydrogen-bond acceptors (Lipinski definition) is 2. The molecule has 1 fully saturated rings. The number of fused-ring (bicyclic) bond motifs is 3. The molecular formula is C19H21Cl2NO3. The lowest BCUT2D eigenvalue weighted by molar-refractivity contribution is -0.150. The summed E-state index contributed by atoms with van der Waals surface area (Å²) in [7, 11) is 0. The topological polar surface area (TPSA) is 62.3 Å². The van der Waals surface area contributed by atoms with Crippen LogP contribution in [0.25, 0.3) is 10.9 Å². The zero-order chi connectivity index (χ0) is 17.6. The number of rotatable bonds is 4. The molecule has 0 saturated heterocycles. The molecule has 0 radical (unpaired) electrons. The molecule has 0 spiro atoms. The van der Waals surface area contributed by atoms with Gasteiger partial charge in [0, 0.05) is 5.39 Å². The maximum absolute atomic E-state index is 11.7. The first kappa shape index (κ1) is 17.2. The number of aliphatic carboxylic acids is 1. The summed E-state index contributed by atoms with van der Waals surface area (Å²) in [4.78, 5) is 15.1. The largest absolute Gasteiger partial charge is 0.481 e. The van der Waals surface area contributed by atoms with Crippen LogP contribution in [-0.4, -0.2) is 22.7 Å². The molecule has 4 nitrogen and oxygen atoms in total. The summed E-state index contributed by atoms with van der Waals surface area (Å²) in [5.74, 6) is -0.343. The SMILES string of the molecule is O=C(O)CC1(CC2CCCC2)OCCc2c1[nH]c1c(Cl)ccc(Cl)c21. The van der Waals surface area contributed by atoms with E-state index in [1.54, 1.807) is 12.1 Å². The third-order valence-electron chi connectivity index (χ3n) is 5.67. The van der Waals surface area contributed by atoms with Gasteiger partial charge in [0.15, 0.2) is 0 Å². The molecule has 2 N–H and O–H groups in total. The summed E-state index contributed by atoms with van der Waals surface area (Å²) in [6.45, 7) is 0.503. The Morgan fingerprint density at radius 1 is 1.28 bits per heavy atom. The van der Waals surface area contributed by atoms with Gasteiger partial charge in [0.2, 0.25) is 0 Å². The van der Waals surface area contributed by atoms with E-state index in [2.05, 4.69) is 4.98 Å². The van der Waals surface area contributed by atoms with Crippen molar-refractivity contribution in [3.8, 4) is 0 Å². The van der Waals surface area contributed by atoms with Gasteiger partial charge in [0.05, 0.1) is 34.3 Å². The summed E-state index contributed by atoms with van der Waals surface area (Å²) >= 11 is 12.8. The van der Waals surface area contributed by atoms with Crippen LogP contribution in [-0.2, 0) is 21.6 Å². The molecule has 25 heavy (non-hydrogen) atoms. The van der Waals surface area contributed by atoms with Gasteiger partial charge in [-0.25, -0.2) is 0 Å². The maximum Gasteiger partial charge on any atom is 0.306 e. The fourth-order valence-corrected chi connectivity index (χ4v) is 5.13. The number of halogens is 2. The lowest BCUT2D eigenvalue weighted by atomic mass is 9.80. The van der Waals surface area contributed by atoms with Gasteiger partial charge in [0.1, 0.15) is 5.60 Å². The highest BCUT2D eigenvalue weighted by molar-refractivity contribution is 6.40. The summed E-state index contributed by atoms with van der Waals surface area (Å²) in [5.41, 5.74) is 1.89. The van der Waals surface area contributed by atoms with Crippen LogP contribution in [0.3, 0.4) is 0 Å². The average Bonchev–Trinajstić information content (AvgIpc) is 3.19. The Balaban J connectivity index is 1.88. The summed E-state index contributed by atoms with van der Waals surface area (Å²) in [6, 6.07) is 3.57. The Kier molecular flexibility index (Phi) is 4.47. The number of aromatic nitrogens is 1. The summed E-state index contributed by atoms with van der Waals surface area (Å²) in [5, 5.41) is 11.7. The molecule has 134 valence electrons. The van der Waals surface area contributed by atoms with Gasteiger partial charge in [-0.1, -0.05) is 48.9 Å². The van der Waals surface area contributed by atoms with Gasteiger partial charge in [0.25, 0.3) is 0 Å². The van der Waals surface area contributed by atoms with E-state index in [4.69, 9.17) is 27.9 Å². The van der Waals surface area contributed by atoms with E-state index >= 15 is 0 Å². The first-order valence-electron chi connectivity index (χ1n) is 8.85. The Bertz CT molecular complexity index is 826. The van der Waals surface area contributed by atoms with Crippen molar-refractivity contribution >= 4 is 40.1 Å². The Hall–Kier alpha value is -1.23. The van der Waals surface area contributed by atoms with Gasteiger partial charge >= 0.3 is 5.97 Å². The number of carbonyl (C=O) groups is 1. The maximum atomic E-state index is 11.7. The summed E-state index contributed by atoms with van der Waals surface area (Å²) < 4.78 is 6.18. The molecule has 1 saturated carbocycles. The van der Waals surface area contributed by atoms with Gasteiger partial charge in [-0.05, 0) is 36.5 Å². The highest BCUT2D eigenvalue weighted by Gasteiger charge is 2.44. The fourth-order valence-electron chi connectivity index (χ4n) is 4.65. The molecule has 1 aliphatic heterocycles. The second-order valence-electron chi connectivity index (χ2n) is 7.28. The smallest absolute Gasteiger partial charge is 0.306 e. The zero-order valence-corrected chi connectivity index (χ0v) is 15.4. The minimum absolute atomic E-state index is 0.0431. The Morgan fingerprint density at radius 2 is 2.00 bits per heavy atom. The van der Waals surface area contributed by atoms with Crippen LogP contribution in [0.15, 0.2) is 12.1 Å². The number of benzene rings is 1. The molecule has 1 aromatic carbocycles. The fraction of sp³-hybridized carbons (Fsp3) is 0.526. The van der Waals surface area contributed by atoms with Crippen molar-refractivity contribution in [1.29, 1.82) is 0 Å². The van der Waals surface area contributed by atoms with E-state index in [0.29, 0.717) is 29.0 Å². The van der Waals surface area contributed by atoms with E-state index in [0.717, 1.165) is 41.4 Å². The molecule has 0 amide bonds. The molecule has 4 rings (SSSR count). The van der Waals surface area contributed by atoms with Crippen molar-refractivity contribution in [1.82, 2.24) is 4.98 Å². The van der Waals surface area contributed by atoms with Crippen molar-refractivity contribution in [2.75, 3.05) is 6.61 Å². The summed E-state index contributed by atoms with van der Waals surface area (Å²) in [6.07, 6.45) is 6.11. The van der Waals surface area contributed by atoms with Crippen LogP contribution in [0, 0.1) is 5.92 Å². The van der Waals surface area contributed by atoms with Crippen LogP contribution in [0.4, 0.5) is 0 Å². The minimum atomic E-state index is -0.846. The van der Waals surface area contributed by atoms with Gasteiger partial charge in [-0.15, -0.1) is 0 Å². The quantitative estimate of drug-likeness (QED) is 0.755. The van der Waals surface area contributed by atoms with E-state index in [1.165, 1.54) is 12.8 Å².